The monoisotopic (exact) mass is 264 g/mol. The van der Waals surface area contributed by atoms with E-state index in [0.29, 0.717) is 11.9 Å². The predicted octanol–water partition coefficient (Wildman–Crippen LogP) is 4.24. The molecular weight excluding hydrogens is 248 g/mol. The molecular formula is C17H16N2O. The van der Waals surface area contributed by atoms with Crippen molar-refractivity contribution in [2.24, 2.45) is 0 Å². The summed E-state index contributed by atoms with van der Waals surface area (Å²) in [6.07, 6.45) is 2.30. The minimum atomic E-state index is 0.400. The maximum atomic E-state index is 5.51. The lowest BCUT2D eigenvalue weighted by molar-refractivity contribution is 0.561. The number of hydrogen-bond donors (Lipinski definition) is 1. The molecule has 0 spiro atoms. The lowest BCUT2D eigenvalue weighted by Crippen LogP contribution is -2.06. The van der Waals surface area contributed by atoms with Crippen LogP contribution in [-0.2, 0) is 6.42 Å². The van der Waals surface area contributed by atoms with Crippen molar-refractivity contribution in [3.05, 3.63) is 59.5 Å². The van der Waals surface area contributed by atoms with E-state index in [0.717, 1.165) is 29.6 Å². The Balaban J connectivity index is 1.65. The van der Waals surface area contributed by atoms with Crippen molar-refractivity contribution in [3.63, 3.8) is 0 Å². The largest absolute Gasteiger partial charge is 0.441 e. The molecule has 0 aliphatic heterocycles. The molecule has 3 nitrogen and oxygen atoms in total. The van der Waals surface area contributed by atoms with Crippen LogP contribution in [0.3, 0.4) is 0 Å². The summed E-state index contributed by atoms with van der Waals surface area (Å²) in [6, 6.07) is 15.2. The molecule has 3 heteroatoms. The molecule has 0 saturated heterocycles. The lowest BCUT2D eigenvalue weighted by Gasteiger charge is -2.15. The highest BCUT2D eigenvalue weighted by Gasteiger charge is 2.21. The molecule has 0 amide bonds. The van der Waals surface area contributed by atoms with E-state index in [1.165, 1.54) is 11.1 Å². The van der Waals surface area contributed by atoms with Crippen LogP contribution in [0.15, 0.2) is 46.9 Å². The van der Waals surface area contributed by atoms with Gasteiger partial charge in [-0.05, 0) is 42.2 Å². The number of nitrogens with zero attached hydrogens (tertiary/aromatic N) is 1. The van der Waals surface area contributed by atoms with Gasteiger partial charge in [-0.15, -0.1) is 0 Å². The van der Waals surface area contributed by atoms with E-state index in [-0.39, 0.29) is 0 Å². The molecule has 1 N–H and O–H groups in total. The van der Waals surface area contributed by atoms with E-state index >= 15 is 0 Å². The first-order valence-corrected chi connectivity index (χ1v) is 7.01. The molecule has 1 aromatic heterocycles. The zero-order valence-electron chi connectivity index (χ0n) is 11.4. The fourth-order valence-corrected chi connectivity index (χ4v) is 3.04. The van der Waals surface area contributed by atoms with Gasteiger partial charge in [0.05, 0.1) is 6.04 Å². The average Bonchev–Trinajstić information content (AvgIpc) is 3.02. The zero-order chi connectivity index (χ0) is 13.5. The molecule has 0 radical (unpaired) electrons. The number of oxazole rings is 1. The Morgan fingerprint density at radius 2 is 2.10 bits per heavy atom. The normalized spacial score (nSPS) is 17.4. The number of benzene rings is 2. The van der Waals surface area contributed by atoms with Crippen molar-refractivity contribution < 1.29 is 4.42 Å². The summed E-state index contributed by atoms with van der Waals surface area (Å²) in [5, 5.41) is 3.62. The number of rotatable bonds is 2. The van der Waals surface area contributed by atoms with Gasteiger partial charge in [-0.2, -0.15) is 0 Å². The van der Waals surface area contributed by atoms with Gasteiger partial charge < -0.3 is 9.73 Å². The highest BCUT2D eigenvalue weighted by molar-refractivity contribution is 5.77. The van der Waals surface area contributed by atoms with E-state index in [4.69, 9.17) is 4.42 Å². The van der Waals surface area contributed by atoms with Crippen LogP contribution in [0.1, 0.15) is 29.5 Å². The Morgan fingerprint density at radius 1 is 1.20 bits per heavy atom. The predicted molar refractivity (Wildman–Crippen MR) is 79.9 cm³/mol. The third-order valence-corrected chi connectivity index (χ3v) is 3.97. The van der Waals surface area contributed by atoms with Gasteiger partial charge in [0.1, 0.15) is 5.52 Å². The minimum absolute atomic E-state index is 0.400. The SMILES string of the molecule is Cc1nc2cc(NC3CCc4ccccc43)ccc2o1. The van der Waals surface area contributed by atoms with Gasteiger partial charge in [0, 0.05) is 12.6 Å². The van der Waals surface area contributed by atoms with Crippen molar-refractivity contribution in [1.82, 2.24) is 4.98 Å². The average molecular weight is 264 g/mol. The lowest BCUT2D eigenvalue weighted by atomic mass is 10.1. The maximum Gasteiger partial charge on any atom is 0.192 e. The summed E-state index contributed by atoms with van der Waals surface area (Å²) < 4.78 is 5.51. The molecule has 0 fully saturated rings. The van der Waals surface area contributed by atoms with Crippen LogP contribution in [-0.4, -0.2) is 4.98 Å². The Labute approximate surface area is 117 Å². The van der Waals surface area contributed by atoms with Crippen LogP contribution in [0, 0.1) is 6.92 Å². The third-order valence-electron chi connectivity index (χ3n) is 3.97. The van der Waals surface area contributed by atoms with Gasteiger partial charge in [0.15, 0.2) is 11.5 Å². The number of nitrogens with one attached hydrogen (secondary N) is 1. The van der Waals surface area contributed by atoms with E-state index in [1.54, 1.807) is 0 Å². The van der Waals surface area contributed by atoms with Crippen LogP contribution in [0.4, 0.5) is 5.69 Å². The Hall–Kier alpha value is -2.29. The molecule has 0 bridgehead atoms. The molecule has 1 heterocycles. The first kappa shape index (κ1) is 11.5. The summed E-state index contributed by atoms with van der Waals surface area (Å²) in [7, 11) is 0. The van der Waals surface area contributed by atoms with Gasteiger partial charge in [-0.1, -0.05) is 24.3 Å². The second-order valence-corrected chi connectivity index (χ2v) is 5.35. The van der Waals surface area contributed by atoms with Crippen molar-refractivity contribution in [2.45, 2.75) is 25.8 Å². The van der Waals surface area contributed by atoms with E-state index in [9.17, 15) is 0 Å². The number of aromatic nitrogens is 1. The van der Waals surface area contributed by atoms with Crippen molar-refractivity contribution in [1.29, 1.82) is 0 Å². The summed E-state index contributed by atoms with van der Waals surface area (Å²) >= 11 is 0. The van der Waals surface area contributed by atoms with Crippen LogP contribution in [0.25, 0.3) is 11.1 Å². The molecule has 1 unspecified atom stereocenters. The third kappa shape index (κ3) is 1.86. The zero-order valence-corrected chi connectivity index (χ0v) is 11.4. The van der Waals surface area contributed by atoms with Gasteiger partial charge in [-0.25, -0.2) is 4.98 Å². The Kier molecular flexibility index (Phi) is 2.52. The number of aryl methyl sites for hydroxylation is 2. The maximum absolute atomic E-state index is 5.51. The Bertz CT molecular complexity index is 776. The fraction of sp³-hybridized carbons (Fsp3) is 0.235. The molecule has 100 valence electrons. The van der Waals surface area contributed by atoms with Crippen LogP contribution >= 0.6 is 0 Å². The standard InChI is InChI=1S/C17H16N2O/c1-11-18-16-10-13(7-9-17(16)20-11)19-15-8-6-12-4-2-3-5-14(12)15/h2-5,7,9-10,15,19H,6,8H2,1H3. The number of hydrogen-bond acceptors (Lipinski definition) is 3. The first-order chi connectivity index (χ1) is 9.79. The highest BCUT2D eigenvalue weighted by atomic mass is 16.3. The quantitative estimate of drug-likeness (QED) is 0.752. The number of fused-ring (bicyclic) bond motifs is 2. The van der Waals surface area contributed by atoms with E-state index < -0.39 is 0 Å². The molecule has 1 atom stereocenters. The summed E-state index contributed by atoms with van der Waals surface area (Å²) in [5.41, 5.74) is 5.75. The summed E-state index contributed by atoms with van der Waals surface area (Å²) in [4.78, 5) is 4.39. The van der Waals surface area contributed by atoms with Gasteiger partial charge in [0.25, 0.3) is 0 Å². The molecule has 20 heavy (non-hydrogen) atoms. The minimum Gasteiger partial charge on any atom is -0.441 e. The van der Waals surface area contributed by atoms with Crippen LogP contribution in [0.2, 0.25) is 0 Å². The van der Waals surface area contributed by atoms with Crippen LogP contribution < -0.4 is 5.32 Å². The van der Waals surface area contributed by atoms with Gasteiger partial charge >= 0.3 is 0 Å². The smallest absolute Gasteiger partial charge is 0.192 e. The summed E-state index contributed by atoms with van der Waals surface area (Å²) in [5.74, 6) is 0.711. The molecule has 1 aliphatic rings. The molecule has 0 saturated carbocycles. The number of anilines is 1. The van der Waals surface area contributed by atoms with E-state index in [1.807, 2.05) is 13.0 Å². The van der Waals surface area contributed by atoms with Crippen molar-refractivity contribution in [3.8, 4) is 0 Å². The van der Waals surface area contributed by atoms with Crippen molar-refractivity contribution >= 4 is 16.8 Å². The van der Waals surface area contributed by atoms with Crippen LogP contribution in [0.5, 0.6) is 0 Å². The van der Waals surface area contributed by atoms with Gasteiger partial charge in [0.2, 0.25) is 0 Å². The van der Waals surface area contributed by atoms with E-state index in [2.05, 4.69) is 46.7 Å². The fourth-order valence-electron chi connectivity index (χ4n) is 3.04. The molecule has 3 aromatic rings. The Morgan fingerprint density at radius 3 is 3.05 bits per heavy atom. The van der Waals surface area contributed by atoms with Gasteiger partial charge in [-0.3, -0.25) is 0 Å². The highest BCUT2D eigenvalue weighted by Crippen LogP contribution is 2.34. The molecule has 4 rings (SSSR count). The summed E-state index contributed by atoms with van der Waals surface area (Å²) in [6.45, 7) is 1.88. The molecule has 1 aliphatic carbocycles. The van der Waals surface area contributed by atoms with Crippen molar-refractivity contribution in [2.75, 3.05) is 5.32 Å². The second kappa shape index (κ2) is 4.37. The molecule has 2 aromatic carbocycles. The first-order valence-electron chi connectivity index (χ1n) is 7.01. The second-order valence-electron chi connectivity index (χ2n) is 5.35. The topological polar surface area (TPSA) is 38.1 Å².